The molecule has 0 aromatic carbocycles. The van der Waals surface area contributed by atoms with Crippen molar-refractivity contribution in [1.29, 1.82) is 0 Å². The van der Waals surface area contributed by atoms with Crippen LogP contribution >= 0.6 is 15.9 Å². The third kappa shape index (κ3) is 2.25. The zero-order valence-electron chi connectivity index (χ0n) is 11.0. The van der Waals surface area contributed by atoms with Crippen LogP contribution in [0.5, 0.6) is 0 Å². The van der Waals surface area contributed by atoms with Crippen LogP contribution in [0.4, 0.5) is 0 Å². The molecule has 0 spiro atoms. The molecular formula is C14H17BrN2O2. The summed E-state index contributed by atoms with van der Waals surface area (Å²) in [6.45, 7) is 4.92. The van der Waals surface area contributed by atoms with Gasteiger partial charge < -0.3 is 9.52 Å². The number of halogens is 1. The van der Waals surface area contributed by atoms with E-state index in [9.17, 15) is 5.11 Å². The van der Waals surface area contributed by atoms with Gasteiger partial charge in [-0.05, 0) is 47.3 Å². The highest BCUT2D eigenvalue weighted by Crippen LogP contribution is 2.48. The van der Waals surface area contributed by atoms with Gasteiger partial charge in [0.2, 0.25) is 0 Å². The summed E-state index contributed by atoms with van der Waals surface area (Å²) in [6.07, 6.45) is 2.11. The summed E-state index contributed by atoms with van der Waals surface area (Å²) < 4.78 is 8.39. The first kappa shape index (κ1) is 12.9. The van der Waals surface area contributed by atoms with Crippen molar-refractivity contribution in [3.05, 3.63) is 40.0 Å². The predicted molar refractivity (Wildman–Crippen MR) is 74.9 cm³/mol. The fraction of sp³-hybridized carbons (Fsp3) is 0.500. The van der Waals surface area contributed by atoms with Crippen LogP contribution in [0.15, 0.2) is 27.2 Å². The van der Waals surface area contributed by atoms with Crippen LogP contribution in [-0.2, 0) is 6.54 Å². The minimum absolute atomic E-state index is 0.528. The van der Waals surface area contributed by atoms with E-state index in [2.05, 4.69) is 28.0 Å². The van der Waals surface area contributed by atoms with Gasteiger partial charge in [-0.15, -0.1) is 0 Å². The summed E-state index contributed by atoms with van der Waals surface area (Å²) in [5.41, 5.74) is 0.743. The summed E-state index contributed by atoms with van der Waals surface area (Å²) in [5, 5.41) is 14.7. The van der Waals surface area contributed by atoms with Crippen molar-refractivity contribution in [2.75, 3.05) is 0 Å². The van der Waals surface area contributed by atoms with E-state index in [4.69, 9.17) is 4.42 Å². The van der Waals surface area contributed by atoms with Crippen molar-refractivity contribution in [3.8, 4) is 0 Å². The Kier molecular flexibility index (Phi) is 3.27. The molecule has 0 radical (unpaired) electrons. The van der Waals surface area contributed by atoms with Crippen LogP contribution in [0.3, 0.4) is 0 Å². The minimum Gasteiger partial charge on any atom is -0.463 e. The number of hydrogen-bond donors (Lipinski definition) is 1. The van der Waals surface area contributed by atoms with Gasteiger partial charge in [-0.25, -0.2) is 0 Å². The maximum Gasteiger partial charge on any atom is 0.154 e. The summed E-state index contributed by atoms with van der Waals surface area (Å²) in [5.74, 6) is 2.80. The van der Waals surface area contributed by atoms with Gasteiger partial charge in [-0.3, -0.25) is 4.68 Å². The molecule has 1 aliphatic rings. The van der Waals surface area contributed by atoms with Crippen LogP contribution in [0.2, 0.25) is 0 Å². The van der Waals surface area contributed by atoms with E-state index in [1.165, 1.54) is 6.42 Å². The first-order valence-electron chi connectivity index (χ1n) is 6.60. The van der Waals surface area contributed by atoms with Gasteiger partial charge in [0, 0.05) is 12.5 Å². The van der Waals surface area contributed by atoms with Crippen LogP contribution in [0.25, 0.3) is 0 Å². The lowest BCUT2D eigenvalue weighted by atomic mass is 10.2. The average molecular weight is 325 g/mol. The Hall–Kier alpha value is -1.07. The first-order chi connectivity index (χ1) is 9.11. The maximum atomic E-state index is 10.5. The molecule has 2 aromatic heterocycles. The molecule has 1 N–H and O–H groups in total. The molecule has 0 aliphatic heterocycles. The fourth-order valence-corrected chi connectivity index (χ4v) is 2.98. The molecule has 1 fully saturated rings. The Labute approximate surface area is 120 Å². The summed E-state index contributed by atoms with van der Waals surface area (Å²) in [6, 6.07) is 3.84. The topological polar surface area (TPSA) is 51.2 Å². The predicted octanol–water partition coefficient (Wildman–Crippen LogP) is 3.46. The molecule has 1 aliphatic carbocycles. The number of aliphatic hydroxyl groups is 1. The first-order valence-corrected chi connectivity index (χ1v) is 7.40. The van der Waals surface area contributed by atoms with Gasteiger partial charge in [0.05, 0.1) is 16.4 Å². The van der Waals surface area contributed by atoms with Crippen molar-refractivity contribution in [1.82, 2.24) is 9.78 Å². The number of hydrogen-bond acceptors (Lipinski definition) is 3. The van der Waals surface area contributed by atoms with Crippen LogP contribution < -0.4 is 0 Å². The molecule has 0 amide bonds. The Morgan fingerprint density at radius 3 is 2.95 bits per heavy atom. The molecule has 1 saturated carbocycles. The number of aliphatic hydroxyl groups excluding tert-OH is 1. The van der Waals surface area contributed by atoms with E-state index in [-0.39, 0.29) is 0 Å². The lowest BCUT2D eigenvalue weighted by Gasteiger charge is -2.11. The lowest BCUT2D eigenvalue weighted by molar-refractivity contribution is 0.175. The van der Waals surface area contributed by atoms with Crippen LogP contribution in [0.1, 0.15) is 49.5 Å². The normalized spacial score (nSPS) is 23.6. The molecule has 0 saturated heterocycles. The fourth-order valence-electron chi connectivity index (χ4n) is 2.46. The van der Waals surface area contributed by atoms with Crippen LogP contribution in [0, 0.1) is 5.92 Å². The van der Waals surface area contributed by atoms with E-state index in [0.29, 0.717) is 24.1 Å². The smallest absolute Gasteiger partial charge is 0.154 e. The average Bonchev–Trinajstić information content (AvgIpc) is 2.83. The second kappa shape index (κ2) is 4.80. The monoisotopic (exact) mass is 324 g/mol. The van der Waals surface area contributed by atoms with E-state index < -0.39 is 6.10 Å². The summed E-state index contributed by atoms with van der Waals surface area (Å²) in [7, 11) is 0. The Bertz CT molecular complexity index is 590. The van der Waals surface area contributed by atoms with E-state index in [1.54, 1.807) is 10.9 Å². The molecule has 2 heterocycles. The molecule has 4 nitrogen and oxygen atoms in total. The Morgan fingerprint density at radius 2 is 2.32 bits per heavy atom. The number of nitrogens with zero attached hydrogens (tertiary/aromatic N) is 2. The zero-order chi connectivity index (χ0) is 13.6. The summed E-state index contributed by atoms with van der Waals surface area (Å²) >= 11 is 3.43. The van der Waals surface area contributed by atoms with Gasteiger partial charge in [0.1, 0.15) is 11.5 Å². The SMILES string of the molecule is CCn1ncc(Br)c1C(O)c1ccc(C2CC2C)o1. The standard InChI is InChI=1S/C14H17BrN2O2/c1-3-17-13(10(15)7-16-17)14(18)12-5-4-11(19-12)9-6-8(9)2/h4-5,7-9,14,18H,3,6H2,1-2H3. The molecule has 3 rings (SSSR count). The van der Waals surface area contributed by atoms with E-state index >= 15 is 0 Å². The number of aromatic nitrogens is 2. The van der Waals surface area contributed by atoms with Gasteiger partial charge in [-0.1, -0.05) is 6.92 Å². The highest BCUT2D eigenvalue weighted by atomic mass is 79.9. The van der Waals surface area contributed by atoms with Gasteiger partial charge in [0.15, 0.2) is 6.10 Å². The Morgan fingerprint density at radius 1 is 1.58 bits per heavy atom. The quantitative estimate of drug-likeness (QED) is 0.936. The molecule has 3 unspecified atom stereocenters. The van der Waals surface area contributed by atoms with Gasteiger partial charge in [0.25, 0.3) is 0 Å². The van der Waals surface area contributed by atoms with Crippen molar-refractivity contribution in [2.24, 2.45) is 5.92 Å². The van der Waals surface area contributed by atoms with Crippen molar-refractivity contribution in [3.63, 3.8) is 0 Å². The zero-order valence-corrected chi connectivity index (χ0v) is 12.6. The molecule has 5 heteroatoms. The molecule has 3 atom stereocenters. The molecule has 0 bridgehead atoms. The lowest BCUT2D eigenvalue weighted by Crippen LogP contribution is -2.09. The molecule has 19 heavy (non-hydrogen) atoms. The van der Waals surface area contributed by atoms with Gasteiger partial charge >= 0.3 is 0 Å². The summed E-state index contributed by atoms with van der Waals surface area (Å²) in [4.78, 5) is 0. The number of furan rings is 1. The number of aryl methyl sites for hydroxylation is 1. The molecule has 2 aromatic rings. The highest BCUT2D eigenvalue weighted by Gasteiger charge is 2.37. The largest absolute Gasteiger partial charge is 0.463 e. The maximum absolute atomic E-state index is 10.5. The van der Waals surface area contributed by atoms with Gasteiger partial charge in [-0.2, -0.15) is 5.10 Å². The van der Waals surface area contributed by atoms with Crippen molar-refractivity contribution < 1.29 is 9.52 Å². The Balaban J connectivity index is 1.88. The minimum atomic E-state index is -0.778. The van der Waals surface area contributed by atoms with Crippen LogP contribution in [-0.4, -0.2) is 14.9 Å². The molecule has 102 valence electrons. The second-order valence-electron chi connectivity index (χ2n) is 5.16. The highest BCUT2D eigenvalue weighted by molar-refractivity contribution is 9.10. The third-order valence-electron chi connectivity index (χ3n) is 3.78. The second-order valence-corrected chi connectivity index (χ2v) is 6.01. The van der Waals surface area contributed by atoms with E-state index in [1.807, 2.05) is 19.1 Å². The third-order valence-corrected chi connectivity index (χ3v) is 4.39. The van der Waals surface area contributed by atoms with Crippen molar-refractivity contribution in [2.45, 2.75) is 38.8 Å². The van der Waals surface area contributed by atoms with Crippen molar-refractivity contribution >= 4 is 15.9 Å². The van der Waals surface area contributed by atoms with E-state index in [0.717, 1.165) is 15.9 Å². The molecular weight excluding hydrogens is 308 g/mol. The number of rotatable bonds is 4.